The average molecular weight is 304 g/mol. The van der Waals surface area contributed by atoms with Gasteiger partial charge in [-0.2, -0.15) is 0 Å². The van der Waals surface area contributed by atoms with Crippen LogP contribution in [0.15, 0.2) is 6.07 Å². The number of fused-ring (bicyclic) bond motifs is 1. The average Bonchev–Trinajstić information content (AvgIpc) is 2.48. The number of nitrogens with zero attached hydrogens (tertiary/aromatic N) is 1. The van der Waals surface area contributed by atoms with Crippen LogP contribution in [0.5, 0.6) is 0 Å². The van der Waals surface area contributed by atoms with E-state index < -0.39 is 0 Å². The van der Waals surface area contributed by atoms with Crippen molar-refractivity contribution in [2.75, 3.05) is 11.9 Å². The van der Waals surface area contributed by atoms with E-state index in [-0.39, 0.29) is 11.9 Å². The van der Waals surface area contributed by atoms with Crippen molar-refractivity contribution in [3.63, 3.8) is 0 Å². The Balaban J connectivity index is 1.85. The van der Waals surface area contributed by atoms with E-state index in [1.807, 2.05) is 0 Å². The van der Waals surface area contributed by atoms with Crippen LogP contribution >= 0.6 is 12.2 Å². The highest BCUT2D eigenvalue weighted by Gasteiger charge is 2.21. The van der Waals surface area contributed by atoms with Gasteiger partial charge < -0.3 is 16.4 Å². The van der Waals surface area contributed by atoms with Crippen molar-refractivity contribution in [1.82, 2.24) is 10.3 Å². The number of nitrogens with two attached hydrogens (primary N) is 1. The summed E-state index contributed by atoms with van der Waals surface area (Å²) in [4.78, 5) is 16.4. The lowest BCUT2D eigenvalue weighted by Gasteiger charge is -2.26. The first-order valence-electron chi connectivity index (χ1n) is 7.49. The molecule has 112 valence electrons. The molecule has 1 amide bonds. The van der Waals surface area contributed by atoms with E-state index in [0.717, 1.165) is 36.3 Å². The Morgan fingerprint density at radius 3 is 2.90 bits per heavy atom. The van der Waals surface area contributed by atoms with Gasteiger partial charge in [0.15, 0.2) is 0 Å². The van der Waals surface area contributed by atoms with Crippen LogP contribution in [0.4, 0.5) is 5.82 Å². The molecule has 0 bridgehead atoms. The molecule has 5 nitrogen and oxygen atoms in total. The van der Waals surface area contributed by atoms with Crippen molar-refractivity contribution in [3.05, 3.63) is 22.9 Å². The largest absolute Gasteiger partial charge is 0.389 e. The van der Waals surface area contributed by atoms with Gasteiger partial charge in [-0.1, -0.05) is 12.2 Å². The minimum Gasteiger partial charge on any atom is -0.389 e. The molecule has 0 spiro atoms. The molecule has 1 aliphatic heterocycles. The van der Waals surface area contributed by atoms with Gasteiger partial charge in [-0.15, -0.1) is 0 Å². The quantitative estimate of drug-likeness (QED) is 0.733. The van der Waals surface area contributed by atoms with Crippen LogP contribution in [0, 0.1) is 0 Å². The fourth-order valence-electron chi connectivity index (χ4n) is 2.98. The van der Waals surface area contributed by atoms with E-state index >= 15 is 0 Å². The standard InChI is InChI=1S/C15H20N4OS/c16-14(21)11-7-9-3-1-2-4-12(9)19-15(11)18-10-5-6-13(20)17-8-10/h7,10H,1-6,8H2,(H2,16,21)(H,17,20)(H,18,19). The number of aromatic nitrogens is 1. The minimum absolute atomic E-state index is 0.112. The van der Waals surface area contributed by atoms with Crippen LogP contribution in [0.25, 0.3) is 0 Å². The second-order valence-corrected chi connectivity index (χ2v) is 6.19. The molecule has 2 aliphatic rings. The van der Waals surface area contributed by atoms with Crippen molar-refractivity contribution in [3.8, 4) is 0 Å². The Bertz CT molecular complexity index is 577. The van der Waals surface area contributed by atoms with E-state index in [1.54, 1.807) is 0 Å². The fraction of sp³-hybridized carbons (Fsp3) is 0.533. The Hall–Kier alpha value is -1.69. The van der Waals surface area contributed by atoms with E-state index in [9.17, 15) is 4.79 Å². The van der Waals surface area contributed by atoms with Crippen LogP contribution in [0.2, 0.25) is 0 Å². The number of amides is 1. The predicted molar refractivity (Wildman–Crippen MR) is 86.4 cm³/mol. The Labute approximate surface area is 129 Å². The van der Waals surface area contributed by atoms with Gasteiger partial charge in [-0.3, -0.25) is 4.79 Å². The van der Waals surface area contributed by atoms with Gasteiger partial charge in [0, 0.05) is 24.7 Å². The first-order valence-corrected chi connectivity index (χ1v) is 7.90. The van der Waals surface area contributed by atoms with Crippen molar-refractivity contribution in [2.24, 2.45) is 5.73 Å². The Morgan fingerprint density at radius 1 is 1.38 bits per heavy atom. The molecule has 2 heterocycles. The highest BCUT2D eigenvalue weighted by molar-refractivity contribution is 7.80. The van der Waals surface area contributed by atoms with Crippen LogP contribution < -0.4 is 16.4 Å². The molecule has 1 atom stereocenters. The maximum atomic E-state index is 11.2. The van der Waals surface area contributed by atoms with Crippen molar-refractivity contribution >= 4 is 28.9 Å². The summed E-state index contributed by atoms with van der Waals surface area (Å²) in [5.74, 6) is 0.880. The number of hydrogen-bond acceptors (Lipinski definition) is 4. The maximum absolute atomic E-state index is 11.2. The third-order valence-electron chi connectivity index (χ3n) is 4.17. The highest BCUT2D eigenvalue weighted by Crippen LogP contribution is 2.25. The van der Waals surface area contributed by atoms with Crippen LogP contribution in [-0.2, 0) is 17.6 Å². The van der Waals surface area contributed by atoms with Crippen molar-refractivity contribution < 1.29 is 4.79 Å². The maximum Gasteiger partial charge on any atom is 0.220 e. The molecular weight excluding hydrogens is 284 g/mol. The minimum atomic E-state index is 0.112. The van der Waals surface area contributed by atoms with E-state index in [2.05, 4.69) is 16.7 Å². The van der Waals surface area contributed by atoms with Crippen molar-refractivity contribution in [2.45, 2.75) is 44.6 Å². The molecule has 1 aromatic heterocycles. The number of carbonyl (C=O) groups excluding carboxylic acids is 1. The second-order valence-electron chi connectivity index (χ2n) is 5.75. The molecule has 3 rings (SSSR count). The van der Waals surface area contributed by atoms with E-state index in [1.165, 1.54) is 18.4 Å². The number of pyridine rings is 1. The van der Waals surface area contributed by atoms with Gasteiger partial charge in [-0.05, 0) is 43.7 Å². The van der Waals surface area contributed by atoms with E-state index in [4.69, 9.17) is 22.9 Å². The number of rotatable bonds is 3. The summed E-state index contributed by atoms with van der Waals surface area (Å²) in [7, 11) is 0. The monoisotopic (exact) mass is 304 g/mol. The van der Waals surface area contributed by atoms with Gasteiger partial charge in [0.1, 0.15) is 10.8 Å². The zero-order chi connectivity index (χ0) is 14.8. The first-order chi connectivity index (χ1) is 10.1. The van der Waals surface area contributed by atoms with Gasteiger partial charge in [0.05, 0.1) is 5.56 Å². The Kier molecular flexibility index (Phi) is 4.05. The number of piperidine rings is 1. The van der Waals surface area contributed by atoms with Gasteiger partial charge in [0.2, 0.25) is 5.91 Å². The third-order valence-corrected chi connectivity index (χ3v) is 4.39. The van der Waals surface area contributed by atoms with Gasteiger partial charge in [-0.25, -0.2) is 4.98 Å². The smallest absolute Gasteiger partial charge is 0.220 e. The number of nitrogens with one attached hydrogen (secondary N) is 2. The summed E-state index contributed by atoms with van der Waals surface area (Å²) < 4.78 is 0. The molecule has 0 aromatic carbocycles. The molecule has 6 heteroatoms. The molecule has 1 fully saturated rings. The molecule has 4 N–H and O–H groups in total. The lowest BCUT2D eigenvalue weighted by molar-refractivity contribution is -0.122. The van der Waals surface area contributed by atoms with Crippen LogP contribution in [-0.4, -0.2) is 28.5 Å². The molecule has 0 radical (unpaired) electrons. The summed E-state index contributed by atoms with van der Waals surface area (Å²) in [6.07, 6.45) is 5.81. The topological polar surface area (TPSA) is 80.0 Å². The summed E-state index contributed by atoms with van der Waals surface area (Å²) in [6.45, 7) is 0.619. The molecule has 21 heavy (non-hydrogen) atoms. The number of hydrogen-bond donors (Lipinski definition) is 3. The number of carbonyl (C=O) groups is 1. The second kappa shape index (κ2) is 5.97. The molecular formula is C15H20N4OS. The predicted octanol–water partition coefficient (Wildman–Crippen LogP) is 1.29. The number of aryl methyl sites for hydroxylation is 2. The summed E-state index contributed by atoms with van der Waals surface area (Å²) >= 11 is 5.17. The summed E-state index contributed by atoms with van der Waals surface area (Å²) in [6, 6.07) is 2.28. The lowest BCUT2D eigenvalue weighted by atomic mass is 9.94. The molecule has 1 aliphatic carbocycles. The van der Waals surface area contributed by atoms with E-state index in [0.29, 0.717) is 18.0 Å². The SMILES string of the molecule is NC(=S)c1cc2c(nc1NC1CCC(=O)NC1)CCCC2. The highest BCUT2D eigenvalue weighted by atomic mass is 32.1. The zero-order valence-electron chi connectivity index (χ0n) is 11.9. The Morgan fingerprint density at radius 2 is 2.19 bits per heavy atom. The lowest BCUT2D eigenvalue weighted by Crippen LogP contribution is -2.42. The number of anilines is 1. The number of thiocarbonyl (C=S) groups is 1. The molecule has 0 saturated carbocycles. The summed E-state index contributed by atoms with van der Waals surface area (Å²) in [5.41, 5.74) is 9.10. The molecule has 1 unspecified atom stereocenters. The molecule has 1 aromatic rings. The van der Waals surface area contributed by atoms with Crippen LogP contribution in [0.3, 0.4) is 0 Å². The van der Waals surface area contributed by atoms with Crippen molar-refractivity contribution in [1.29, 1.82) is 0 Å². The van der Waals surface area contributed by atoms with Gasteiger partial charge in [0.25, 0.3) is 0 Å². The molecule has 1 saturated heterocycles. The summed E-state index contributed by atoms with van der Waals surface area (Å²) in [5, 5.41) is 6.28. The fourth-order valence-corrected chi connectivity index (χ4v) is 3.14. The van der Waals surface area contributed by atoms with Gasteiger partial charge >= 0.3 is 0 Å². The zero-order valence-corrected chi connectivity index (χ0v) is 12.8. The first kappa shape index (κ1) is 14.3. The van der Waals surface area contributed by atoms with Crippen LogP contribution in [0.1, 0.15) is 42.5 Å². The third kappa shape index (κ3) is 3.15. The normalized spacial score (nSPS) is 21.3.